The van der Waals surface area contributed by atoms with Gasteiger partial charge in [0.25, 0.3) is 0 Å². The van der Waals surface area contributed by atoms with Crippen LogP contribution in [0.5, 0.6) is 0 Å². The first-order valence-corrected chi connectivity index (χ1v) is 15.3. The number of carbonyl (C=O) groups is 2. The summed E-state index contributed by atoms with van der Waals surface area (Å²) in [5, 5.41) is 3.33. The molecule has 1 spiro atoms. The molecule has 10 atom stereocenters. The van der Waals surface area contributed by atoms with Gasteiger partial charge in [-0.1, -0.05) is 20.8 Å². The smallest absolute Gasteiger partial charge is 0.409 e. The van der Waals surface area contributed by atoms with Crippen LogP contribution >= 0.6 is 0 Å². The van der Waals surface area contributed by atoms with Crippen molar-refractivity contribution in [1.82, 2.24) is 10.2 Å². The predicted octanol–water partition coefficient (Wildman–Crippen LogP) is 5.50. The minimum absolute atomic E-state index is 0.00870. The van der Waals surface area contributed by atoms with Crippen molar-refractivity contribution in [3.8, 4) is 0 Å². The van der Waals surface area contributed by atoms with Crippen LogP contribution in [0.25, 0.3) is 0 Å². The Morgan fingerprint density at radius 2 is 1.76 bits per heavy atom. The highest BCUT2D eigenvalue weighted by Gasteiger charge is 2.77. The quantitative estimate of drug-likeness (QED) is 0.526. The number of hydrogen-bond donors (Lipinski definition) is 1. The van der Waals surface area contributed by atoms with Crippen LogP contribution in [0.3, 0.4) is 0 Å². The number of carbonyl (C=O) groups excluding carboxylic acids is 2. The van der Waals surface area contributed by atoms with Gasteiger partial charge in [-0.15, -0.1) is 0 Å². The molecule has 1 aliphatic heterocycles. The van der Waals surface area contributed by atoms with Gasteiger partial charge in [-0.3, -0.25) is 4.79 Å². The van der Waals surface area contributed by atoms with Crippen LogP contribution in [-0.2, 0) is 14.3 Å². The molecule has 208 valence electrons. The Bertz CT molecular complexity index is 917. The maximum atomic E-state index is 13.0. The fourth-order valence-corrected chi connectivity index (χ4v) is 11.6. The number of piperidine rings is 1. The Kier molecular flexibility index (Phi) is 6.40. The van der Waals surface area contributed by atoms with E-state index in [9.17, 15) is 9.59 Å². The maximum absolute atomic E-state index is 13.0. The summed E-state index contributed by atoms with van der Waals surface area (Å²) in [6.07, 6.45) is 12.6. The molecule has 0 aromatic carbocycles. The summed E-state index contributed by atoms with van der Waals surface area (Å²) in [4.78, 5) is 26.5. The van der Waals surface area contributed by atoms with Crippen molar-refractivity contribution in [1.29, 1.82) is 0 Å². The number of hydrogen-bond acceptors (Lipinski definition) is 4. The molecule has 2 unspecified atom stereocenters. The maximum Gasteiger partial charge on any atom is 0.409 e. The molecule has 6 heteroatoms. The normalized spacial score (nSPS) is 47.3. The molecular weight excluding hydrogens is 464 g/mol. The zero-order chi connectivity index (χ0) is 26.2. The highest BCUT2D eigenvalue weighted by Crippen LogP contribution is 2.82. The zero-order valence-electron chi connectivity index (χ0n) is 23.9. The second-order valence-corrected chi connectivity index (χ2v) is 14.4. The second kappa shape index (κ2) is 9.13. The van der Waals surface area contributed by atoms with Gasteiger partial charge in [0.15, 0.2) is 0 Å². The third-order valence-corrected chi connectivity index (χ3v) is 13.5. The monoisotopic (exact) mass is 514 g/mol. The van der Waals surface area contributed by atoms with Gasteiger partial charge < -0.3 is 19.7 Å². The number of fused-ring (bicyclic) bond motifs is 4. The molecule has 6 aliphatic rings. The number of rotatable bonds is 5. The summed E-state index contributed by atoms with van der Waals surface area (Å²) in [7, 11) is 3.40. The van der Waals surface area contributed by atoms with Crippen LogP contribution in [0, 0.1) is 57.7 Å². The van der Waals surface area contributed by atoms with E-state index < -0.39 is 0 Å². The molecule has 6 fully saturated rings. The van der Waals surface area contributed by atoms with E-state index in [2.05, 4.69) is 26.1 Å². The predicted molar refractivity (Wildman–Crippen MR) is 143 cm³/mol. The van der Waals surface area contributed by atoms with E-state index in [4.69, 9.17) is 9.47 Å². The van der Waals surface area contributed by atoms with E-state index in [1.165, 1.54) is 58.5 Å². The number of nitrogens with one attached hydrogen (secondary N) is 1. The summed E-state index contributed by atoms with van der Waals surface area (Å²) < 4.78 is 11.1. The number of amides is 2. The van der Waals surface area contributed by atoms with Gasteiger partial charge in [0, 0.05) is 38.1 Å². The molecular formula is C31H50N2O4. The number of likely N-dealkylation sites (tertiary alicyclic amines) is 1. The number of methoxy groups -OCH3 is 2. The molecule has 0 aromatic rings. The standard InChI is InChI=1S/C31H50N2O4/c1-19(18-32-27(34)20-10-14-33(15-11-20)28(35)37-5)23-6-7-24-22-16-26(36-4)31-17-21(31)8-13-30(31,3)25(22)9-12-29(23,24)2/h19-26H,6-18H2,1-5H3,(H,32,34)/t19-,21-,22+,23-,24+,25+,26?,29-,30-,31?/m1/s1. The van der Waals surface area contributed by atoms with E-state index in [1.54, 1.807) is 4.90 Å². The first kappa shape index (κ1) is 26.0. The van der Waals surface area contributed by atoms with Crippen LogP contribution in [0.15, 0.2) is 0 Å². The van der Waals surface area contributed by atoms with Crippen molar-refractivity contribution in [2.75, 3.05) is 33.9 Å². The third-order valence-electron chi connectivity index (χ3n) is 13.5. The van der Waals surface area contributed by atoms with Crippen molar-refractivity contribution in [2.45, 2.75) is 91.1 Å². The lowest BCUT2D eigenvalue weighted by molar-refractivity contribution is -0.161. The molecule has 0 aromatic heterocycles. The summed E-state index contributed by atoms with van der Waals surface area (Å²) in [6, 6.07) is 0. The summed E-state index contributed by atoms with van der Waals surface area (Å²) >= 11 is 0. The fraction of sp³-hybridized carbons (Fsp3) is 0.935. The van der Waals surface area contributed by atoms with Gasteiger partial charge in [-0.05, 0) is 111 Å². The van der Waals surface area contributed by atoms with E-state index in [0.717, 1.165) is 43.1 Å². The molecule has 5 saturated carbocycles. The van der Waals surface area contributed by atoms with Gasteiger partial charge >= 0.3 is 6.09 Å². The molecule has 1 N–H and O–H groups in total. The van der Waals surface area contributed by atoms with E-state index >= 15 is 0 Å². The molecule has 6 nitrogen and oxygen atoms in total. The van der Waals surface area contributed by atoms with Crippen LogP contribution in [0.4, 0.5) is 4.79 Å². The highest BCUT2D eigenvalue weighted by molar-refractivity contribution is 5.79. The molecule has 1 saturated heterocycles. The van der Waals surface area contributed by atoms with Crippen LogP contribution in [0.2, 0.25) is 0 Å². The Morgan fingerprint density at radius 3 is 2.43 bits per heavy atom. The van der Waals surface area contributed by atoms with E-state index in [0.29, 0.717) is 47.3 Å². The first-order valence-electron chi connectivity index (χ1n) is 15.3. The molecule has 37 heavy (non-hydrogen) atoms. The number of ether oxygens (including phenoxy) is 2. The minimum Gasteiger partial charge on any atom is -0.453 e. The highest BCUT2D eigenvalue weighted by atomic mass is 16.5. The fourth-order valence-electron chi connectivity index (χ4n) is 11.6. The van der Waals surface area contributed by atoms with Crippen molar-refractivity contribution >= 4 is 12.0 Å². The van der Waals surface area contributed by atoms with Gasteiger partial charge in [0.2, 0.25) is 5.91 Å². The molecule has 6 rings (SSSR count). The van der Waals surface area contributed by atoms with Gasteiger partial charge in [0.1, 0.15) is 0 Å². The average molecular weight is 515 g/mol. The Balaban J connectivity index is 1.08. The van der Waals surface area contributed by atoms with Crippen LogP contribution in [-0.4, -0.2) is 56.9 Å². The summed E-state index contributed by atoms with van der Waals surface area (Å²) in [6.45, 7) is 9.64. The van der Waals surface area contributed by atoms with Gasteiger partial charge in [-0.2, -0.15) is 0 Å². The van der Waals surface area contributed by atoms with Crippen molar-refractivity contribution in [3.63, 3.8) is 0 Å². The second-order valence-electron chi connectivity index (χ2n) is 14.4. The lowest BCUT2D eigenvalue weighted by Gasteiger charge is -2.61. The van der Waals surface area contributed by atoms with E-state index in [1.807, 2.05) is 7.11 Å². The summed E-state index contributed by atoms with van der Waals surface area (Å²) in [5.41, 5.74) is 1.38. The summed E-state index contributed by atoms with van der Waals surface area (Å²) in [5.74, 6) is 4.80. The lowest BCUT2D eigenvalue weighted by atomic mass is 9.45. The molecule has 1 heterocycles. The van der Waals surface area contributed by atoms with Crippen LogP contribution < -0.4 is 5.32 Å². The van der Waals surface area contributed by atoms with Crippen LogP contribution in [0.1, 0.15) is 85.0 Å². The Hall–Kier alpha value is -1.30. The number of nitrogens with zero attached hydrogens (tertiary/aromatic N) is 1. The van der Waals surface area contributed by atoms with Crippen molar-refractivity contribution in [3.05, 3.63) is 0 Å². The Morgan fingerprint density at radius 1 is 1.00 bits per heavy atom. The molecule has 5 aliphatic carbocycles. The first-order chi connectivity index (χ1) is 17.7. The third kappa shape index (κ3) is 3.66. The molecule has 0 radical (unpaired) electrons. The van der Waals surface area contributed by atoms with Gasteiger partial charge in [-0.25, -0.2) is 4.79 Å². The minimum atomic E-state index is -0.282. The topological polar surface area (TPSA) is 67.9 Å². The average Bonchev–Trinajstić information content (AvgIpc) is 3.42. The van der Waals surface area contributed by atoms with E-state index in [-0.39, 0.29) is 17.9 Å². The van der Waals surface area contributed by atoms with Crippen molar-refractivity contribution in [2.24, 2.45) is 57.7 Å². The SMILES string of the molecule is COC(=O)N1CCC(C(=O)NC[C@@H](C)[C@H]2CC[C@H]3[C@@H]4CC(OC)C56C[C@H]5CC[C@]6(C)[C@H]4CC[C@]23C)CC1. The van der Waals surface area contributed by atoms with Gasteiger partial charge in [0.05, 0.1) is 13.2 Å². The zero-order valence-corrected chi connectivity index (χ0v) is 23.9. The van der Waals surface area contributed by atoms with Crippen molar-refractivity contribution < 1.29 is 19.1 Å². The largest absolute Gasteiger partial charge is 0.453 e. The lowest BCUT2D eigenvalue weighted by Crippen LogP contribution is -2.57. The Labute approximate surface area is 224 Å². The molecule has 0 bridgehead atoms. The molecule has 2 amide bonds.